The minimum absolute atomic E-state index is 0.0301. The molecule has 4 rings (SSSR count). The summed E-state index contributed by atoms with van der Waals surface area (Å²) in [6.45, 7) is 2.52. The summed E-state index contributed by atoms with van der Waals surface area (Å²) in [5.41, 5.74) is 0.991. The second kappa shape index (κ2) is 6.92. The highest BCUT2D eigenvalue weighted by Crippen LogP contribution is 2.31. The van der Waals surface area contributed by atoms with E-state index in [0.29, 0.717) is 43.0 Å². The lowest BCUT2D eigenvalue weighted by Crippen LogP contribution is -2.48. The molecule has 1 aliphatic heterocycles. The van der Waals surface area contributed by atoms with E-state index < -0.39 is 0 Å². The van der Waals surface area contributed by atoms with Crippen LogP contribution in [-0.4, -0.2) is 49.1 Å². The van der Waals surface area contributed by atoms with E-state index in [9.17, 15) is 9.18 Å². The maximum atomic E-state index is 13.9. The van der Waals surface area contributed by atoms with Crippen molar-refractivity contribution in [1.29, 1.82) is 0 Å². The Labute approximate surface area is 154 Å². The van der Waals surface area contributed by atoms with Crippen LogP contribution in [0, 0.1) is 5.82 Å². The van der Waals surface area contributed by atoms with Crippen molar-refractivity contribution in [2.45, 2.75) is 0 Å². The molecule has 5 nitrogen and oxygen atoms in total. The van der Waals surface area contributed by atoms with Gasteiger partial charge in [0.2, 0.25) is 0 Å². The van der Waals surface area contributed by atoms with E-state index in [1.807, 2.05) is 23.1 Å². The highest BCUT2D eigenvalue weighted by Gasteiger charge is 2.25. The van der Waals surface area contributed by atoms with Crippen LogP contribution in [0.25, 0.3) is 10.2 Å². The van der Waals surface area contributed by atoms with E-state index in [4.69, 9.17) is 4.74 Å². The summed E-state index contributed by atoms with van der Waals surface area (Å²) in [5.74, 6) is 0.258. The third kappa shape index (κ3) is 2.99. The van der Waals surface area contributed by atoms with Gasteiger partial charge >= 0.3 is 0 Å². The number of para-hydroxylation sites is 2. The summed E-state index contributed by atoms with van der Waals surface area (Å²) in [7, 11) is 1.57. The van der Waals surface area contributed by atoms with Crippen LogP contribution in [0.4, 0.5) is 9.52 Å². The summed E-state index contributed by atoms with van der Waals surface area (Å²) in [6, 6.07) is 12.3. The molecule has 1 saturated heterocycles. The third-order valence-corrected chi connectivity index (χ3v) is 5.61. The standard InChI is InChI=1S/C19H18FN3O2S/c1-25-15-7-3-2-5-13(15)18(24)22-9-11-23(12-10-22)19-21-17-14(20)6-4-8-16(17)26-19/h2-8H,9-12H2,1H3. The quantitative estimate of drug-likeness (QED) is 0.708. The molecule has 0 N–H and O–H groups in total. The number of hydrogen-bond acceptors (Lipinski definition) is 5. The van der Waals surface area contributed by atoms with Gasteiger partial charge in [-0.1, -0.05) is 29.5 Å². The molecule has 0 spiro atoms. The van der Waals surface area contributed by atoms with Crippen molar-refractivity contribution in [3.63, 3.8) is 0 Å². The largest absolute Gasteiger partial charge is 0.496 e. The molecular weight excluding hydrogens is 353 g/mol. The molecule has 2 heterocycles. The minimum Gasteiger partial charge on any atom is -0.496 e. The van der Waals surface area contributed by atoms with Gasteiger partial charge in [-0.25, -0.2) is 9.37 Å². The van der Waals surface area contributed by atoms with E-state index in [0.717, 1.165) is 9.83 Å². The van der Waals surface area contributed by atoms with Crippen LogP contribution in [0.2, 0.25) is 0 Å². The van der Waals surface area contributed by atoms with E-state index in [1.54, 1.807) is 25.3 Å². The molecule has 1 amide bonds. The van der Waals surface area contributed by atoms with Crippen molar-refractivity contribution in [2.24, 2.45) is 0 Å². The van der Waals surface area contributed by atoms with E-state index >= 15 is 0 Å². The van der Waals surface area contributed by atoms with Crippen molar-refractivity contribution in [1.82, 2.24) is 9.88 Å². The molecule has 2 aromatic carbocycles. The number of nitrogens with zero attached hydrogens (tertiary/aromatic N) is 3. The van der Waals surface area contributed by atoms with Crippen molar-refractivity contribution in [2.75, 3.05) is 38.2 Å². The Hall–Kier alpha value is -2.67. The van der Waals surface area contributed by atoms with Crippen molar-refractivity contribution in [3.8, 4) is 5.75 Å². The highest BCUT2D eigenvalue weighted by molar-refractivity contribution is 7.22. The number of thiazole rings is 1. The highest BCUT2D eigenvalue weighted by atomic mass is 32.1. The number of aromatic nitrogens is 1. The Bertz CT molecular complexity index is 951. The fraction of sp³-hybridized carbons (Fsp3) is 0.263. The first-order valence-electron chi connectivity index (χ1n) is 8.39. The molecule has 134 valence electrons. The van der Waals surface area contributed by atoms with Gasteiger partial charge in [0, 0.05) is 26.2 Å². The lowest BCUT2D eigenvalue weighted by molar-refractivity contribution is 0.0743. The lowest BCUT2D eigenvalue weighted by Gasteiger charge is -2.34. The zero-order chi connectivity index (χ0) is 18.1. The van der Waals surface area contributed by atoms with E-state index in [1.165, 1.54) is 17.4 Å². The molecule has 1 fully saturated rings. The molecule has 0 bridgehead atoms. The SMILES string of the molecule is COc1ccccc1C(=O)N1CCN(c2nc3c(F)cccc3s2)CC1. The molecule has 3 aromatic rings. The normalized spacial score (nSPS) is 14.7. The molecule has 0 radical (unpaired) electrons. The lowest BCUT2D eigenvalue weighted by atomic mass is 10.1. The van der Waals surface area contributed by atoms with Crippen LogP contribution in [0.5, 0.6) is 5.75 Å². The third-order valence-electron chi connectivity index (χ3n) is 4.53. The topological polar surface area (TPSA) is 45.7 Å². The number of carbonyl (C=O) groups is 1. The van der Waals surface area contributed by atoms with Crippen molar-refractivity contribution < 1.29 is 13.9 Å². The molecule has 1 aromatic heterocycles. The van der Waals surface area contributed by atoms with Gasteiger partial charge in [0.05, 0.1) is 17.4 Å². The van der Waals surface area contributed by atoms with E-state index in [2.05, 4.69) is 9.88 Å². The summed E-state index contributed by atoms with van der Waals surface area (Å²) >= 11 is 1.48. The maximum Gasteiger partial charge on any atom is 0.257 e. The van der Waals surface area contributed by atoms with Crippen LogP contribution in [0.1, 0.15) is 10.4 Å². The molecular formula is C19H18FN3O2S. The fourth-order valence-corrected chi connectivity index (χ4v) is 4.16. The van der Waals surface area contributed by atoms with Gasteiger partial charge in [-0.2, -0.15) is 0 Å². The number of methoxy groups -OCH3 is 1. The molecule has 26 heavy (non-hydrogen) atoms. The number of amides is 1. The molecule has 0 aliphatic carbocycles. The number of piperazine rings is 1. The fourth-order valence-electron chi connectivity index (χ4n) is 3.13. The van der Waals surface area contributed by atoms with Gasteiger partial charge in [0.15, 0.2) is 5.13 Å². The Balaban J connectivity index is 1.48. The van der Waals surface area contributed by atoms with Crippen LogP contribution in [0.15, 0.2) is 42.5 Å². The van der Waals surface area contributed by atoms with Gasteiger partial charge < -0.3 is 14.5 Å². The molecule has 0 atom stereocenters. The first kappa shape index (κ1) is 16.8. The summed E-state index contributed by atoms with van der Waals surface area (Å²) in [4.78, 5) is 21.1. The Morgan fingerprint density at radius 3 is 2.62 bits per heavy atom. The number of carbonyl (C=O) groups excluding carboxylic acids is 1. The molecule has 1 aliphatic rings. The molecule has 0 saturated carbocycles. The number of halogens is 1. The molecule has 0 unspecified atom stereocenters. The summed E-state index contributed by atoms with van der Waals surface area (Å²) < 4.78 is 20.0. The molecule has 7 heteroatoms. The second-order valence-electron chi connectivity index (χ2n) is 6.06. The summed E-state index contributed by atoms with van der Waals surface area (Å²) in [6.07, 6.45) is 0. The first-order chi connectivity index (χ1) is 12.7. The maximum absolute atomic E-state index is 13.9. The number of anilines is 1. The number of ether oxygens (including phenoxy) is 1. The number of hydrogen-bond donors (Lipinski definition) is 0. The van der Waals surface area contributed by atoms with Gasteiger partial charge in [-0.15, -0.1) is 0 Å². The smallest absolute Gasteiger partial charge is 0.257 e. The zero-order valence-corrected chi connectivity index (χ0v) is 15.1. The van der Waals surface area contributed by atoms with Gasteiger partial charge in [-0.3, -0.25) is 4.79 Å². The average molecular weight is 371 g/mol. The first-order valence-corrected chi connectivity index (χ1v) is 9.21. The average Bonchev–Trinajstić information content (AvgIpc) is 3.13. The number of rotatable bonds is 3. The predicted octanol–water partition coefficient (Wildman–Crippen LogP) is 3.41. The Morgan fingerprint density at radius 1 is 1.12 bits per heavy atom. The van der Waals surface area contributed by atoms with Crippen LogP contribution in [-0.2, 0) is 0 Å². The van der Waals surface area contributed by atoms with Crippen LogP contribution < -0.4 is 9.64 Å². The van der Waals surface area contributed by atoms with Crippen molar-refractivity contribution in [3.05, 3.63) is 53.8 Å². The number of benzene rings is 2. The van der Waals surface area contributed by atoms with Crippen LogP contribution in [0.3, 0.4) is 0 Å². The van der Waals surface area contributed by atoms with E-state index in [-0.39, 0.29) is 11.7 Å². The summed E-state index contributed by atoms with van der Waals surface area (Å²) in [5, 5.41) is 0.800. The predicted molar refractivity (Wildman–Crippen MR) is 101 cm³/mol. The zero-order valence-electron chi connectivity index (χ0n) is 14.3. The van der Waals surface area contributed by atoms with Gasteiger partial charge in [0.25, 0.3) is 5.91 Å². The monoisotopic (exact) mass is 371 g/mol. The van der Waals surface area contributed by atoms with Gasteiger partial charge in [-0.05, 0) is 24.3 Å². The van der Waals surface area contributed by atoms with Gasteiger partial charge in [0.1, 0.15) is 17.1 Å². The second-order valence-corrected chi connectivity index (χ2v) is 7.07. The Morgan fingerprint density at radius 2 is 1.88 bits per heavy atom. The Kier molecular flexibility index (Phi) is 4.46. The van der Waals surface area contributed by atoms with Crippen molar-refractivity contribution >= 4 is 32.6 Å². The number of fused-ring (bicyclic) bond motifs is 1. The van der Waals surface area contributed by atoms with Crippen LogP contribution >= 0.6 is 11.3 Å². The minimum atomic E-state index is -0.296.